The Morgan fingerprint density at radius 3 is 2.27 bits per heavy atom. The number of fused-ring (bicyclic) bond motifs is 2. The van der Waals surface area contributed by atoms with Gasteiger partial charge in [0.2, 0.25) is 5.79 Å². The summed E-state index contributed by atoms with van der Waals surface area (Å²) in [7, 11) is 0. The van der Waals surface area contributed by atoms with Crippen LogP contribution in [0.5, 0.6) is 11.5 Å². The van der Waals surface area contributed by atoms with E-state index in [0.29, 0.717) is 59.6 Å². The normalized spacial score (nSPS) is 21.5. The molecule has 3 aliphatic rings. The molecule has 362 valence electrons. The number of carbonyl (C=O) groups is 2. The average Bonchev–Trinajstić information content (AvgIpc) is 3.39. The quantitative estimate of drug-likeness (QED) is 0.0369. The van der Waals surface area contributed by atoms with Crippen molar-refractivity contribution in [2.45, 2.75) is 82.4 Å². The summed E-state index contributed by atoms with van der Waals surface area (Å²) in [6.45, 7) is 4.60. The molecule has 12 nitrogen and oxygen atoms in total. The number of halogens is 1. The number of ether oxygens (including phenoxy) is 3. The van der Waals surface area contributed by atoms with E-state index in [1.807, 2.05) is 66.7 Å². The Morgan fingerprint density at radius 1 is 0.886 bits per heavy atom. The highest BCUT2D eigenvalue weighted by Crippen LogP contribution is 2.62. The predicted molar refractivity (Wildman–Crippen MR) is 263 cm³/mol. The molecule has 0 bridgehead atoms. The van der Waals surface area contributed by atoms with Gasteiger partial charge in [-0.25, -0.2) is 9.18 Å². The molecule has 1 fully saturated rings. The number of aliphatic hydroxyl groups excluding tert-OH is 2. The molecular weight excluding hydrogens is 888 g/mol. The Hall–Kier alpha value is -7.11. The minimum Gasteiger partial charge on any atom is -0.459 e. The Labute approximate surface area is 408 Å². The van der Waals surface area contributed by atoms with E-state index in [0.717, 1.165) is 35.1 Å². The first-order chi connectivity index (χ1) is 34.2. The maximum absolute atomic E-state index is 15.4. The molecule has 2 aliphatic carbocycles. The molecule has 6 atom stereocenters. The minimum absolute atomic E-state index is 0.0162. The van der Waals surface area contributed by atoms with Crippen LogP contribution in [0.4, 0.5) is 9.18 Å². The zero-order valence-corrected chi connectivity index (χ0v) is 39.1. The Bertz CT molecular complexity index is 2670. The summed E-state index contributed by atoms with van der Waals surface area (Å²) >= 11 is 0. The maximum Gasteiger partial charge on any atom is 0.412 e. The second kappa shape index (κ2) is 23.5. The lowest BCUT2D eigenvalue weighted by Crippen LogP contribution is -2.70. The van der Waals surface area contributed by atoms with Crippen molar-refractivity contribution in [1.29, 1.82) is 5.26 Å². The van der Waals surface area contributed by atoms with E-state index in [9.17, 15) is 24.7 Å². The van der Waals surface area contributed by atoms with Crippen molar-refractivity contribution >= 4 is 17.7 Å². The summed E-state index contributed by atoms with van der Waals surface area (Å²) in [5.74, 6) is -2.84. The van der Waals surface area contributed by atoms with E-state index in [-0.39, 0.29) is 63.7 Å². The van der Waals surface area contributed by atoms with E-state index in [2.05, 4.69) is 24.0 Å². The van der Waals surface area contributed by atoms with E-state index in [4.69, 9.17) is 24.2 Å². The molecule has 0 unspecified atom stereocenters. The van der Waals surface area contributed by atoms with Gasteiger partial charge in [0.15, 0.2) is 0 Å². The molecular formula is C57H59FN4O8. The molecule has 70 heavy (non-hydrogen) atoms. The summed E-state index contributed by atoms with van der Waals surface area (Å²) in [6, 6.07) is 38.2. The summed E-state index contributed by atoms with van der Waals surface area (Å²) in [5.41, 5.74) is 5.37. The van der Waals surface area contributed by atoms with Crippen molar-refractivity contribution in [3.8, 4) is 17.6 Å². The molecule has 0 saturated heterocycles. The number of unbranched alkanes of at least 4 members (excludes halogenated alkanes) is 2. The van der Waals surface area contributed by atoms with Gasteiger partial charge in [0.05, 0.1) is 29.9 Å². The third-order valence-corrected chi connectivity index (χ3v) is 13.5. The van der Waals surface area contributed by atoms with Crippen LogP contribution >= 0.6 is 0 Å². The third-order valence-electron chi connectivity index (χ3n) is 13.5. The molecule has 1 aliphatic heterocycles. The number of hydrogen-bond acceptors (Lipinski definition) is 10. The fourth-order valence-electron chi connectivity index (χ4n) is 10.3. The SMILES string of the molecule is C=CCO[C@@]12Oc3ccc(OC(=O)NCc4ccccc4)cc3[C@H]3[C@H](CCCCO)[C@@H](CCCCO)C=C(C(=NOCc4ccccc4)C[C@@H]1N(Cc1ccc(F)cc1)C(=O)c1ccc(C#N)cc1)[C@H]32. The molecule has 5 aromatic carbocycles. The van der Waals surface area contributed by atoms with E-state index in [1.54, 1.807) is 59.5 Å². The molecule has 13 heteroatoms. The van der Waals surface area contributed by atoms with Crippen molar-refractivity contribution < 1.29 is 43.2 Å². The molecule has 1 saturated carbocycles. The number of amides is 2. The van der Waals surface area contributed by atoms with E-state index < -0.39 is 35.6 Å². The van der Waals surface area contributed by atoms with Crippen LogP contribution in [0.1, 0.15) is 89.0 Å². The van der Waals surface area contributed by atoms with Gasteiger partial charge in [0.25, 0.3) is 5.91 Å². The minimum atomic E-state index is -1.61. The van der Waals surface area contributed by atoms with Gasteiger partial charge in [0.1, 0.15) is 30.0 Å². The Balaban J connectivity index is 1.32. The fourth-order valence-corrected chi connectivity index (χ4v) is 10.3. The van der Waals surface area contributed by atoms with Crippen LogP contribution in [0.15, 0.2) is 157 Å². The number of nitrogens with zero attached hydrogens (tertiary/aromatic N) is 3. The van der Waals surface area contributed by atoms with Gasteiger partial charge in [-0.2, -0.15) is 5.26 Å². The molecule has 2 amide bonds. The predicted octanol–water partition coefficient (Wildman–Crippen LogP) is 10.2. The lowest BCUT2D eigenvalue weighted by Gasteiger charge is -2.60. The number of nitriles is 1. The van der Waals surface area contributed by atoms with Gasteiger partial charge in [0, 0.05) is 49.8 Å². The second-order valence-electron chi connectivity index (χ2n) is 18.0. The van der Waals surface area contributed by atoms with Crippen LogP contribution in [0, 0.1) is 34.9 Å². The van der Waals surface area contributed by atoms with Crippen LogP contribution in [0.25, 0.3) is 0 Å². The van der Waals surface area contributed by atoms with Crippen LogP contribution in [-0.2, 0) is 29.3 Å². The molecule has 0 aromatic heterocycles. The zero-order chi connectivity index (χ0) is 48.9. The van der Waals surface area contributed by atoms with Crippen molar-refractivity contribution in [2.24, 2.45) is 22.9 Å². The number of carbonyl (C=O) groups excluding carboxylic acids is 2. The summed E-state index contributed by atoms with van der Waals surface area (Å²) < 4.78 is 35.0. The number of hydrogen-bond donors (Lipinski definition) is 3. The average molecular weight is 947 g/mol. The first-order valence-electron chi connectivity index (χ1n) is 24.0. The van der Waals surface area contributed by atoms with Crippen molar-refractivity contribution in [3.05, 3.63) is 191 Å². The monoisotopic (exact) mass is 946 g/mol. The molecule has 0 spiro atoms. The number of allylic oxidation sites excluding steroid dienone is 1. The highest BCUT2D eigenvalue weighted by molar-refractivity contribution is 6.03. The summed E-state index contributed by atoms with van der Waals surface area (Å²) in [5, 5.41) is 37.5. The standard InChI is InChI=1S/C57H59FN4O8/c1-2-31-67-57-52(62(37-41-21-25-45(58)26-22-41)55(65)43-23-19-39(35-59)20-24-43)34-50(61-68-38-42-15-7-4-8-16-42)48-32-44(17-9-11-29-63)47(18-10-12-30-64)53(54(48)57)49-33-46(27-28-51(49)70-57)69-56(66)60-36-40-13-5-3-6-14-40/h2-8,13-16,19-28,32-33,44,47,52-54,63-64H,1,9-12,17-18,29-31,34,36-38H2,(H,60,66)/t44-,47+,52-,53+,54+,57+/m0/s1. The molecule has 8 rings (SSSR count). The van der Waals surface area contributed by atoms with Crippen LogP contribution in [0.3, 0.4) is 0 Å². The third kappa shape index (κ3) is 11.3. The molecule has 5 aromatic rings. The molecule has 0 radical (unpaired) electrons. The smallest absolute Gasteiger partial charge is 0.412 e. The highest BCUT2D eigenvalue weighted by Gasteiger charge is 2.65. The number of nitrogens with one attached hydrogen (secondary N) is 1. The highest BCUT2D eigenvalue weighted by atomic mass is 19.1. The van der Waals surface area contributed by atoms with Crippen LogP contribution < -0.4 is 14.8 Å². The van der Waals surface area contributed by atoms with E-state index >= 15 is 4.79 Å². The van der Waals surface area contributed by atoms with Crippen molar-refractivity contribution in [2.75, 3.05) is 19.8 Å². The van der Waals surface area contributed by atoms with Gasteiger partial charge >= 0.3 is 6.09 Å². The largest absolute Gasteiger partial charge is 0.459 e. The van der Waals surface area contributed by atoms with Gasteiger partial charge < -0.3 is 39.5 Å². The lowest BCUT2D eigenvalue weighted by atomic mass is 9.55. The van der Waals surface area contributed by atoms with Gasteiger partial charge in [-0.15, -0.1) is 6.58 Å². The number of rotatable bonds is 21. The maximum atomic E-state index is 15.4. The van der Waals surface area contributed by atoms with Crippen LogP contribution in [-0.4, -0.2) is 64.5 Å². The van der Waals surface area contributed by atoms with Gasteiger partial charge in [-0.3, -0.25) is 4.79 Å². The first kappa shape index (κ1) is 49.3. The summed E-state index contributed by atoms with van der Waals surface area (Å²) in [4.78, 5) is 36.7. The number of benzene rings is 5. The molecule has 1 heterocycles. The number of oxime groups is 1. The van der Waals surface area contributed by atoms with Crippen LogP contribution in [0.2, 0.25) is 0 Å². The summed E-state index contributed by atoms with van der Waals surface area (Å²) in [6.07, 6.45) is 7.45. The van der Waals surface area contributed by atoms with Crippen molar-refractivity contribution in [3.63, 3.8) is 0 Å². The molecule has 3 N–H and O–H groups in total. The van der Waals surface area contributed by atoms with Gasteiger partial charge in [-0.1, -0.05) is 103 Å². The van der Waals surface area contributed by atoms with E-state index in [1.165, 1.54) is 12.1 Å². The Morgan fingerprint density at radius 2 is 1.59 bits per heavy atom. The topological polar surface area (TPSA) is 163 Å². The second-order valence-corrected chi connectivity index (χ2v) is 18.0. The zero-order valence-electron chi connectivity index (χ0n) is 39.1. The lowest BCUT2D eigenvalue weighted by molar-refractivity contribution is -0.255. The Kier molecular flexibility index (Phi) is 16.5. The first-order valence-corrected chi connectivity index (χ1v) is 24.0. The number of aliphatic hydroxyl groups is 2. The fraction of sp³-hybridized carbons (Fsp3) is 0.333. The van der Waals surface area contributed by atoms with Gasteiger partial charge in [-0.05, 0) is 114 Å². The van der Waals surface area contributed by atoms with Crippen molar-refractivity contribution in [1.82, 2.24) is 10.2 Å².